The molecule has 2 rings (SSSR count). The highest BCUT2D eigenvalue weighted by Crippen LogP contribution is 2.37. The first-order valence-corrected chi connectivity index (χ1v) is 6.90. The maximum Gasteiger partial charge on any atom is 0.224 e. The van der Waals surface area contributed by atoms with Gasteiger partial charge in [-0.1, -0.05) is 0 Å². The van der Waals surface area contributed by atoms with Gasteiger partial charge in [-0.3, -0.25) is 0 Å². The Bertz CT molecular complexity index is 392. The minimum atomic E-state index is -2.66. The van der Waals surface area contributed by atoms with Crippen LogP contribution in [-0.2, 0) is 9.47 Å². The Hall–Kier alpha value is -0.400. The molecule has 10 atom stereocenters. The summed E-state index contributed by atoms with van der Waals surface area (Å²) < 4.78 is 10.2. The molecule has 0 aromatic carbocycles. The number of aliphatic hydroxyl groups excluding tert-OH is 7. The first kappa shape index (κ1) is 17.9. The van der Waals surface area contributed by atoms with Gasteiger partial charge in [0.15, 0.2) is 0 Å². The number of rotatable bonds is 2. The van der Waals surface area contributed by atoms with Crippen LogP contribution in [0.2, 0.25) is 0 Å². The van der Waals surface area contributed by atoms with Crippen molar-refractivity contribution in [1.82, 2.24) is 0 Å². The zero-order valence-corrected chi connectivity index (χ0v) is 11.8. The number of aliphatic hydroxyl groups is 8. The van der Waals surface area contributed by atoms with E-state index in [2.05, 4.69) is 0 Å². The molecule has 0 aromatic heterocycles. The van der Waals surface area contributed by atoms with Crippen LogP contribution in [0.15, 0.2) is 0 Å². The molecule has 10 heteroatoms. The van der Waals surface area contributed by atoms with E-state index in [-0.39, 0.29) is 0 Å². The molecule has 0 bridgehead atoms. The minimum Gasteiger partial charge on any atom is -0.394 e. The van der Waals surface area contributed by atoms with Gasteiger partial charge < -0.3 is 50.3 Å². The standard InChI is InChI=1S/C12H22O10/c1-3-5(14)8(17)10(19)12(20,22-3)11-9(18)7(16)6(15)4(2-13)21-11/h3-11,13-20H,2H2,1H3/t3-,4+,5+,6-,7-,8+,9+,10-,11?,12+/m0/s1. The molecule has 0 aromatic rings. The van der Waals surface area contributed by atoms with Crippen molar-refractivity contribution in [2.45, 2.75) is 67.6 Å². The highest BCUT2D eigenvalue weighted by Gasteiger charge is 2.61. The fourth-order valence-electron chi connectivity index (χ4n) is 2.83. The van der Waals surface area contributed by atoms with Gasteiger partial charge in [0, 0.05) is 0 Å². The molecule has 0 aliphatic carbocycles. The zero-order valence-electron chi connectivity index (χ0n) is 11.8. The molecule has 0 spiro atoms. The smallest absolute Gasteiger partial charge is 0.224 e. The normalized spacial score (nSPS) is 56.9. The van der Waals surface area contributed by atoms with E-state index in [9.17, 15) is 35.7 Å². The summed E-state index contributed by atoms with van der Waals surface area (Å²) in [6.45, 7) is 0.586. The molecule has 0 saturated carbocycles. The van der Waals surface area contributed by atoms with Crippen molar-refractivity contribution in [1.29, 1.82) is 0 Å². The van der Waals surface area contributed by atoms with Gasteiger partial charge in [-0.2, -0.15) is 0 Å². The van der Waals surface area contributed by atoms with Crippen LogP contribution in [0.3, 0.4) is 0 Å². The largest absolute Gasteiger partial charge is 0.394 e. The van der Waals surface area contributed by atoms with Crippen LogP contribution in [0.25, 0.3) is 0 Å². The van der Waals surface area contributed by atoms with Gasteiger partial charge in [0.2, 0.25) is 5.79 Å². The number of hydrogen-bond donors (Lipinski definition) is 8. The van der Waals surface area contributed by atoms with Gasteiger partial charge in [0.05, 0.1) is 12.7 Å². The predicted octanol–water partition coefficient (Wildman–Crippen LogP) is -4.98. The van der Waals surface area contributed by atoms with E-state index in [1.165, 1.54) is 6.92 Å². The van der Waals surface area contributed by atoms with Crippen molar-refractivity contribution in [3.05, 3.63) is 0 Å². The van der Waals surface area contributed by atoms with Gasteiger partial charge in [0.1, 0.15) is 48.8 Å². The summed E-state index contributed by atoms with van der Waals surface area (Å²) in [6, 6.07) is 0. The van der Waals surface area contributed by atoms with E-state index in [0.29, 0.717) is 0 Å². The predicted molar refractivity (Wildman–Crippen MR) is 67.3 cm³/mol. The lowest BCUT2D eigenvalue weighted by molar-refractivity contribution is -0.402. The molecule has 22 heavy (non-hydrogen) atoms. The Morgan fingerprint density at radius 1 is 0.864 bits per heavy atom. The molecule has 2 fully saturated rings. The van der Waals surface area contributed by atoms with Gasteiger partial charge in [-0.05, 0) is 6.92 Å². The molecule has 2 heterocycles. The molecule has 2 aliphatic heterocycles. The van der Waals surface area contributed by atoms with Crippen LogP contribution in [0.1, 0.15) is 6.92 Å². The number of hydrogen-bond acceptors (Lipinski definition) is 10. The molecular formula is C12H22O10. The second-order valence-electron chi connectivity index (χ2n) is 5.75. The summed E-state index contributed by atoms with van der Waals surface area (Å²) >= 11 is 0. The maximum atomic E-state index is 10.5. The lowest BCUT2D eigenvalue weighted by Crippen LogP contribution is -2.74. The highest BCUT2D eigenvalue weighted by molar-refractivity contribution is 5.05. The summed E-state index contributed by atoms with van der Waals surface area (Å²) in [6.07, 6.45) is -14.8. The van der Waals surface area contributed by atoms with Gasteiger partial charge >= 0.3 is 0 Å². The van der Waals surface area contributed by atoms with Crippen molar-refractivity contribution in [2.24, 2.45) is 0 Å². The Morgan fingerprint density at radius 3 is 2.00 bits per heavy atom. The molecule has 10 nitrogen and oxygen atoms in total. The van der Waals surface area contributed by atoms with Crippen LogP contribution < -0.4 is 0 Å². The van der Waals surface area contributed by atoms with Crippen LogP contribution in [0.4, 0.5) is 0 Å². The Balaban J connectivity index is 2.31. The summed E-state index contributed by atoms with van der Waals surface area (Å²) in [7, 11) is 0. The molecular weight excluding hydrogens is 304 g/mol. The Morgan fingerprint density at radius 2 is 1.45 bits per heavy atom. The van der Waals surface area contributed by atoms with Crippen LogP contribution in [-0.4, -0.2) is 108 Å². The third kappa shape index (κ3) is 2.65. The lowest BCUT2D eigenvalue weighted by Gasteiger charge is -2.52. The number of ether oxygens (including phenoxy) is 2. The van der Waals surface area contributed by atoms with E-state index in [0.717, 1.165) is 0 Å². The summed E-state index contributed by atoms with van der Waals surface area (Å²) in [5, 5.41) is 78.4. The molecule has 0 amide bonds. The van der Waals surface area contributed by atoms with Crippen LogP contribution >= 0.6 is 0 Å². The van der Waals surface area contributed by atoms with Crippen molar-refractivity contribution in [3.8, 4) is 0 Å². The monoisotopic (exact) mass is 326 g/mol. The van der Waals surface area contributed by atoms with E-state index in [1.807, 2.05) is 0 Å². The Kier molecular flexibility index (Phi) is 5.09. The van der Waals surface area contributed by atoms with Crippen molar-refractivity contribution < 1.29 is 50.3 Å². The lowest BCUT2D eigenvalue weighted by atomic mass is 9.83. The average molecular weight is 326 g/mol. The van der Waals surface area contributed by atoms with Crippen molar-refractivity contribution in [2.75, 3.05) is 6.61 Å². The summed E-state index contributed by atoms with van der Waals surface area (Å²) in [4.78, 5) is 0. The minimum absolute atomic E-state index is 0.728. The second-order valence-corrected chi connectivity index (χ2v) is 5.75. The SMILES string of the molecule is C[C@@H]1O[C@@](O)(C2O[C@H](CO)[C@H](O)[C@H](O)[C@H]2O)[C@@H](O)[C@H](O)[C@@H]1O. The maximum absolute atomic E-state index is 10.5. The molecule has 0 radical (unpaired) electrons. The topological polar surface area (TPSA) is 180 Å². The summed E-state index contributed by atoms with van der Waals surface area (Å²) in [5.74, 6) is -2.66. The third-order valence-electron chi connectivity index (χ3n) is 4.25. The average Bonchev–Trinajstić information content (AvgIpc) is 2.49. The second kappa shape index (κ2) is 6.24. The van der Waals surface area contributed by atoms with Crippen molar-refractivity contribution >= 4 is 0 Å². The fourth-order valence-corrected chi connectivity index (χ4v) is 2.83. The van der Waals surface area contributed by atoms with Crippen molar-refractivity contribution in [3.63, 3.8) is 0 Å². The van der Waals surface area contributed by atoms with Crippen LogP contribution in [0, 0.1) is 0 Å². The molecule has 1 unspecified atom stereocenters. The fraction of sp³-hybridized carbons (Fsp3) is 1.00. The summed E-state index contributed by atoms with van der Waals surface area (Å²) in [5.41, 5.74) is 0. The zero-order chi connectivity index (χ0) is 16.8. The van der Waals surface area contributed by atoms with Gasteiger partial charge in [0.25, 0.3) is 0 Å². The first-order chi connectivity index (χ1) is 10.1. The van der Waals surface area contributed by atoms with E-state index in [4.69, 9.17) is 14.6 Å². The van der Waals surface area contributed by atoms with Gasteiger partial charge in [-0.25, -0.2) is 0 Å². The van der Waals surface area contributed by atoms with E-state index >= 15 is 0 Å². The van der Waals surface area contributed by atoms with E-state index < -0.39 is 67.3 Å². The van der Waals surface area contributed by atoms with Crippen LogP contribution in [0.5, 0.6) is 0 Å². The molecule has 8 N–H and O–H groups in total. The highest BCUT2D eigenvalue weighted by atomic mass is 16.7. The molecule has 2 saturated heterocycles. The van der Waals surface area contributed by atoms with Gasteiger partial charge in [-0.15, -0.1) is 0 Å². The molecule has 130 valence electrons. The first-order valence-electron chi connectivity index (χ1n) is 6.90. The Labute approximate surface area is 125 Å². The molecule has 2 aliphatic rings. The quantitative estimate of drug-likeness (QED) is 0.245. The van der Waals surface area contributed by atoms with E-state index in [1.54, 1.807) is 0 Å². The third-order valence-corrected chi connectivity index (χ3v) is 4.25.